The van der Waals surface area contributed by atoms with Gasteiger partial charge in [-0.05, 0) is 6.07 Å². The molecule has 0 unspecified atom stereocenters. The molecule has 0 aliphatic carbocycles. The molecular weight excluding hydrogens is 152 g/mol. The van der Waals surface area contributed by atoms with Crippen molar-refractivity contribution in [3.8, 4) is 0 Å². The number of H-pyrrole nitrogens is 1. The highest BCUT2D eigenvalue weighted by Crippen LogP contribution is 2.15. The van der Waals surface area contributed by atoms with Gasteiger partial charge in [-0.2, -0.15) is 0 Å². The van der Waals surface area contributed by atoms with E-state index < -0.39 is 0 Å². The lowest BCUT2D eigenvalue weighted by atomic mass is 10.4. The molecule has 1 aliphatic rings. The van der Waals surface area contributed by atoms with E-state index >= 15 is 0 Å². The lowest BCUT2D eigenvalue weighted by molar-refractivity contribution is 0.512. The van der Waals surface area contributed by atoms with Crippen LogP contribution >= 0.6 is 0 Å². The summed E-state index contributed by atoms with van der Waals surface area (Å²) < 4.78 is 2.24. The van der Waals surface area contributed by atoms with E-state index in [4.69, 9.17) is 0 Å². The second-order valence-electron chi connectivity index (χ2n) is 3.07. The average Bonchev–Trinajstić information content (AvgIpc) is 2.62. The number of nitrogens with zero attached hydrogens (tertiary/aromatic N) is 2. The van der Waals surface area contributed by atoms with E-state index in [0.717, 1.165) is 36.6 Å². The summed E-state index contributed by atoms with van der Waals surface area (Å²) in [6.07, 6.45) is 1.94. The van der Waals surface area contributed by atoms with Crippen LogP contribution in [0.25, 0.3) is 11.2 Å². The standard InChI is InChI=1S/C8H10N4/c1-2-10-8-6(1)11-7-5-9-3-4-12(7)8/h1-2,9-10H,3-5H2. The van der Waals surface area contributed by atoms with Crippen LogP contribution in [-0.2, 0) is 13.1 Å². The van der Waals surface area contributed by atoms with Crippen molar-refractivity contribution in [1.82, 2.24) is 19.9 Å². The Morgan fingerprint density at radius 3 is 3.50 bits per heavy atom. The lowest BCUT2D eigenvalue weighted by Crippen LogP contribution is -2.28. The molecule has 0 saturated heterocycles. The van der Waals surface area contributed by atoms with Crippen molar-refractivity contribution >= 4 is 11.2 Å². The van der Waals surface area contributed by atoms with E-state index in [1.807, 2.05) is 12.3 Å². The van der Waals surface area contributed by atoms with Crippen molar-refractivity contribution in [3.05, 3.63) is 18.1 Å². The Morgan fingerprint density at radius 1 is 1.50 bits per heavy atom. The van der Waals surface area contributed by atoms with Crippen LogP contribution in [0.4, 0.5) is 0 Å². The first-order chi connectivity index (χ1) is 5.95. The second kappa shape index (κ2) is 2.10. The number of hydrogen-bond acceptors (Lipinski definition) is 2. The minimum atomic E-state index is 0.891. The Hall–Kier alpha value is -1.29. The predicted octanol–water partition coefficient (Wildman–Crippen LogP) is 0.468. The SMILES string of the molecule is c1cc2nc3n(c2[nH]1)CCNC3. The Bertz CT molecular complexity index is 412. The largest absolute Gasteiger partial charge is 0.346 e. The average molecular weight is 162 g/mol. The van der Waals surface area contributed by atoms with E-state index in [0.29, 0.717) is 0 Å². The van der Waals surface area contributed by atoms with Crippen LogP contribution in [0.2, 0.25) is 0 Å². The third kappa shape index (κ3) is 0.674. The van der Waals surface area contributed by atoms with E-state index in [2.05, 4.69) is 19.9 Å². The molecule has 12 heavy (non-hydrogen) atoms. The van der Waals surface area contributed by atoms with Gasteiger partial charge in [-0.1, -0.05) is 0 Å². The lowest BCUT2D eigenvalue weighted by Gasteiger charge is -2.14. The van der Waals surface area contributed by atoms with Crippen molar-refractivity contribution in [2.24, 2.45) is 0 Å². The predicted molar refractivity (Wildman–Crippen MR) is 45.8 cm³/mol. The Morgan fingerprint density at radius 2 is 2.50 bits per heavy atom. The Kier molecular flexibility index (Phi) is 1.10. The van der Waals surface area contributed by atoms with Gasteiger partial charge in [-0.15, -0.1) is 0 Å². The molecule has 62 valence electrons. The molecule has 2 aromatic rings. The summed E-state index contributed by atoms with van der Waals surface area (Å²) in [4.78, 5) is 7.68. The number of nitrogens with one attached hydrogen (secondary N) is 2. The van der Waals surface area contributed by atoms with E-state index in [1.165, 1.54) is 0 Å². The number of aromatic amines is 1. The molecule has 1 aliphatic heterocycles. The second-order valence-corrected chi connectivity index (χ2v) is 3.07. The molecular formula is C8H10N4. The fourth-order valence-corrected chi connectivity index (χ4v) is 1.75. The van der Waals surface area contributed by atoms with Crippen molar-refractivity contribution in [1.29, 1.82) is 0 Å². The Balaban J connectivity index is 2.34. The molecule has 2 N–H and O–H groups in total. The zero-order valence-electron chi connectivity index (χ0n) is 6.67. The van der Waals surface area contributed by atoms with Gasteiger partial charge in [0.15, 0.2) is 0 Å². The summed E-state index contributed by atoms with van der Waals surface area (Å²) in [6.45, 7) is 2.95. The third-order valence-corrected chi connectivity index (χ3v) is 2.33. The normalized spacial score (nSPS) is 16.7. The maximum absolute atomic E-state index is 4.48. The number of imidazole rings is 1. The minimum Gasteiger partial charge on any atom is -0.346 e. The number of fused-ring (bicyclic) bond motifs is 3. The maximum Gasteiger partial charge on any atom is 0.137 e. The van der Waals surface area contributed by atoms with Crippen LogP contribution in [0.5, 0.6) is 0 Å². The molecule has 0 amide bonds. The molecule has 0 fully saturated rings. The van der Waals surface area contributed by atoms with Crippen LogP contribution < -0.4 is 5.32 Å². The smallest absolute Gasteiger partial charge is 0.137 e. The van der Waals surface area contributed by atoms with Crippen LogP contribution in [0, 0.1) is 0 Å². The van der Waals surface area contributed by atoms with E-state index in [1.54, 1.807) is 0 Å². The molecule has 0 aromatic carbocycles. The molecule has 0 spiro atoms. The van der Waals surface area contributed by atoms with Crippen molar-refractivity contribution < 1.29 is 0 Å². The summed E-state index contributed by atoms with van der Waals surface area (Å²) >= 11 is 0. The van der Waals surface area contributed by atoms with Gasteiger partial charge in [-0.3, -0.25) is 0 Å². The highest BCUT2D eigenvalue weighted by molar-refractivity contribution is 5.72. The zero-order chi connectivity index (χ0) is 7.97. The van der Waals surface area contributed by atoms with Crippen LogP contribution in [0.1, 0.15) is 5.82 Å². The van der Waals surface area contributed by atoms with Gasteiger partial charge in [0.2, 0.25) is 0 Å². The van der Waals surface area contributed by atoms with Crippen molar-refractivity contribution in [2.75, 3.05) is 6.54 Å². The third-order valence-electron chi connectivity index (χ3n) is 2.33. The maximum atomic E-state index is 4.48. The van der Waals surface area contributed by atoms with Gasteiger partial charge >= 0.3 is 0 Å². The molecule has 4 nitrogen and oxygen atoms in total. The summed E-state index contributed by atoms with van der Waals surface area (Å²) in [5.74, 6) is 1.14. The molecule has 3 rings (SSSR count). The van der Waals surface area contributed by atoms with Gasteiger partial charge in [0, 0.05) is 19.3 Å². The summed E-state index contributed by atoms with van der Waals surface area (Å²) in [7, 11) is 0. The number of aromatic nitrogens is 3. The topological polar surface area (TPSA) is 45.6 Å². The van der Waals surface area contributed by atoms with Crippen molar-refractivity contribution in [2.45, 2.75) is 13.1 Å². The summed E-state index contributed by atoms with van der Waals surface area (Å²) in [5, 5.41) is 3.29. The van der Waals surface area contributed by atoms with Gasteiger partial charge in [0.05, 0.1) is 6.54 Å². The minimum absolute atomic E-state index is 0.891. The van der Waals surface area contributed by atoms with E-state index in [9.17, 15) is 0 Å². The van der Waals surface area contributed by atoms with Gasteiger partial charge in [0.1, 0.15) is 17.0 Å². The molecule has 0 atom stereocenters. The highest BCUT2D eigenvalue weighted by Gasteiger charge is 2.13. The monoisotopic (exact) mass is 162 g/mol. The first-order valence-corrected chi connectivity index (χ1v) is 4.18. The van der Waals surface area contributed by atoms with Crippen LogP contribution in [-0.4, -0.2) is 21.1 Å². The van der Waals surface area contributed by atoms with Gasteiger partial charge in [0.25, 0.3) is 0 Å². The molecule has 0 radical (unpaired) electrons. The number of hydrogen-bond donors (Lipinski definition) is 2. The van der Waals surface area contributed by atoms with Gasteiger partial charge in [-0.25, -0.2) is 4.98 Å². The fourth-order valence-electron chi connectivity index (χ4n) is 1.75. The molecule has 0 bridgehead atoms. The Labute approximate surface area is 69.6 Å². The first kappa shape index (κ1) is 6.25. The molecule has 2 aromatic heterocycles. The van der Waals surface area contributed by atoms with Gasteiger partial charge < -0.3 is 14.9 Å². The highest BCUT2D eigenvalue weighted by atomic mass is 15.2. The fraction of sp³-hybridized carbons (Fsp3) is 0.375. The number of rotatable bonds is 0. The summed E-state index contributed by atoms with van der Waals surface area (Å²) in [5.41, 5.74) is 2.24. The zero-order valence-corrected chi connectivity index (χ0v) is 6.67. The molecule has 3 heterocycles. The van der Waals surface area contributed by atoms with Crippen LogP contribution in [0.3, 0.4) is 0 Å². The van der Waals surface area contributed by atoms with Crippen molar-refractivity contribution in [3.63, 3.8) is 0 Å². The first-order valence-electron chi connectivity index (χ1n) is 4.18. The molecule has 0 saturated carbocycles. The van der Waals surface area contributed by atoms with E-state index in [-0.39, 0.29) is 0 Å². The van der Waals surface area contributed by atoms with Crippen LogP contribution in [0.15, 0.2) is 12.3 Å². The molecule has 4 heteroatoms. The quantitative estimate of drug-likeness (QED) is 0.591. The summed E-state index contributed by atoms with van der Waals surface area (Å²) in [6, 6.07) is 2.01.